The van der Waals surface area contributed by atoms with Gasteiger partial charge in [-0.3, -0.25) is 0 Å². The molecule has 6 heteroatoms. The molecule has 0 aliphatic carbocycles. The van der Waals surface area contributed by atoms with Gasteiger partial charge in [0.1, 0.15) is 0 Å². The van der Waals surface area contributed by atoms with Gasteiger partial charge in [-0.1, -0.05) is 121 Å². The molecule has 0 atom stereocenters. The van der Waals surface area contributed by atoms with Crippen LogP contribution >= 0.6 is 11.6 Å². The fourth-order valence-corrected chi connectivity index (χ4v) is 6.26. The Balaban J connectivity index is 1.40. The van der Waals surface area contributed by atoms with Gasteiger partial charge in [0, 0.05) is 27.8 Å². The number of hydrogen-bond donors (Lipinski definition) is 1. The molecule has 0 fully saturated rings. The van der Waals surface area contributed by atoms with E-state index in [4.69, 9.17) is 32.3 Å². The van der Waals surface area contributed by atoms with Crippen molar-refractivity contribution in [2.24, 2.45) is 0 Å². The number of nitrogen functional groups attached to an aromatic ring is 1. The summed E-state index contributed by atoms with van der Waals surface area (Å²) in [5, 5.41) is 0.639. The molecule has 0 bridgehead atoms. The fraction of sp³-hybridized carbons (Fsp3) is 0. The Morgan fingerprint density at radius 3 is 1.62 bits per heavy atom. The molecule has 0 radical (unpaired) electrons. The second-order valence-corrected chi connectivity index (χ2v) is 11.3. The Bertz CT molecular complexity index is 2140. The van der Waals surface area contributed by atoms with Gasteiger partial charge in [-0.2, -0.15) is 0 Å². The Morgan fingerprint density at radius 1 is 0.444 bits per heavy atom. The van der Waals surface area contributed by atoms with Crippen molar-refractivity contribution >= 4 is 34.4 Å². The molecule has 0 saturated carbocycles. The van der Waals surface area contributed by atoms with Crippen molar-refractivity contribution in [3.63, 3.8) is 0 Å². The molecule has 2 heterocycles. The van der Waals surface area contributed by atoms with Crippen molar-refractivity contribution in [1.29, 1.82) is 0 Å². The highest BCUT2D eigenvalue weighted by molar-refractivity contribution is 6.35. The number of para-hydroxylation sites is 3. The van der Waals surface area contributed by atoms with Gasteiger partial charge < -0.3 is 10.6 Å². The van der Waals surface area contributed by atoms with Gasteiger partial charge in [0.25, 0.3) is 0 Å². The molecule has 0 saturated heterocycles. The van der Waals surface area contributed by atoms with E-state index in [2.05, 4.69) is 53.4 Å². The molecular formula is C39H26ClN5. The molecule has 1 aromatic heterocycles. The lowest BCUT2D eigenvalue weighted by Gasteiger charge is -2.29. The van der Waals surface area contributed by atoms with Crippen LogP contribution in [0.4, 0.5) is 22.7 Å². The molecule has 214 valence electrons. The molecule has 8 rings (SSSR count). The van der Waals surface area contributed by atoms with E-state index in [1.807, 2.05) is 97.1 Å². The van der Waals surface area contributed by atoms with E-state index in [9.17, 15) is 0 Å². The number of rotatable bonds is 4. The van der Waals surface area contributed by atoms with Crippen LogP contribution in [-0.4, -0.2) is 15.0 Å². The first kappa shape index (κ1) is 26.8. The summed E-state index contributed by atoms with van der Waals surface area (Å²) >= 11 is 7.01. The number of halogens is 1. The van der Waals surface area contributed by atoms with E-state index in [0.717, 1.165) is 56.0 Å². The first-order valence-electron chi connectivity index (χ1n) is 14.7. The monoisotopic (exact) mass is 599 g/mol. The second kappa shape index (κ2) is 11.1. The van der Waals surface area contributed by atoms with Crippen molar-refractivity contribution in [1.82, 2.24) is 15.0 Å². The number of benzene rings is 6. The third-order valence-electron chi connectivity index (χ3n) is 8.09. The van der Waals surface area contributed by atoms with Crippen molar-refractivity contribution < 1.29 is 0 Å². The van der Waals surface area contributed by atoms with Crippen molar-refractivity contribution in [2.75, 3.05) is 10.6 Å². The summed E-state index contributed by atoms with van der Waals surface area (Å²) in [6.07, 6.45) is 0. The molecule has 1 aliphatic rings. The van der Waals surface area contributed by atoms with Crippen LogP contribution in [0.25, 0.3) is 56.4 Å². The highest BCUT2D eigenvalue weighted by Crippen LogP contribution is 2.54. The van der Waals surface area contributed by atoms with Crippen LogP contribution in [0.1, 0.15) is 0 Å². The van der Waals surface area contributed by atoms with Gasteiger partial charge in [0.15, 0.2) is 17.5 Å². The minimum Gasteiger partial charge on any atom is -0.397 e. The topological polar surface area (TPSA) is 67.9 Å². The van der Waals surface area contributed by atoms with Gasteiger partial charge in [0.05, 0.1) is 27.8 Å². The molecule has 2 N–H and O–H groups in total. The smallest absolute Gasteiger partial charge is 0.164 e. The Kier molecular flexibility index (Phi) is 6.59. The van der Waals surface area contributed by atoms with Gasteiger partial charge in [-0.05, 0) is 47.5 Å². The van der Waals surface area contributed by atoms with Gasteiger partial charge in [-0.15, -0.1) is 0 Å². The maximum absolute atomic E-state index is 7.01. The third kappa shape index (κ3) is 4.71. The van der Waals surface area contributed by atoms with Crippen molar-refractivity contribution in [3.05, 3.63) is 151 Å². The minimum atomic E-state index is 0.591. The minimum absolute atomic E-state index is 0.591. The first-order chi connectivity index (χ1) is 22.2. The Hall–Kier alpha value is -5.78. The zero-order chi connectivity index (χ0) is 30.3. The number of nitrogens with two attached hydrogens (primary N) is 1. The predicted molar refractivity (Wildman–Crippen MR) is 185 cm³/mol. The first-order valence-corrected chi connectivity index (χ1v) is 15.1. The predicted octanol–water partition coefficient (Wildman–Crippen LogP) is 10.2. The molecular weight excluding hydrogens is 574 g/mol. The Labute approximate surface area is 266 Å². The summed E-state index contributed by atoms with van der Waals surface area (Å²) in [6, 6.07) is 48.7. The molecule has 7 aromatic rings. The molecule has 5 nitrogen and oxygen atoms in total. The van der Waals surface area contributed by atoms with Gasteiger partial charge in [-0.25, -0.2) is 15.0 Å². The second-order valence-electron chi connectivity index (χ2n) is 10.8. The lowest BCUT2D eigenvalue weighted by Crippen LogP contribution is -2.13. The van der Waals surface area contributed by atoms with Crippen LogP contribution in [0.15, 0.2) is 146 Å². The van der Waals surface area contributed by atoms with E-state index < -0.39 is 0 Å². The zero-order valence-corrected chi connectivity index (χ0v) is 24.9. The van der Waals surface area contributed by atoms with Gasteiger partial charge >= 0.3 is 0 Å². The third-order valence-corrected chi connectivity index (χ3v) is 8.40. The largest absolute Gasteiger partial charge is 0.397 e. The SMILES string of the molecule is Nc1ccccc1N1c2ccc(-c3nc(-c4ccccc4)nc(-c4ccccc4)n3)cc2-c2ccccc2-c2cccc(Cl)c21. The number of fused-ring (bicyclic) bond motifs is 5. The number of hydrogen-bond acceptors (Lipinski definition) is 5. The average Bonchev–Trinajstić information content (AvgIpc) is 3.22. The van der Waals surface area contributed by atoms with Crippen LogP contribution in [0.2, 0.25) is 5.02 Å². The maximum atomic E-state index is 7.01. The lowest BCUT2D eigenvalue weighted by molar-refractivity contribution is 1.07. The zero-order valence-electron chi connectivity index (χ0n) is 24.1. The lowest BCUT2D eigenvalue weighted by atomic mass is 9.93. The normalized spacial score (nSPS) is 11.7. The molecule has 1 aliphatic heterocycles. The highest BCUT2D eigenvalue weighted by atomic mass is 35.5. The molecule has 0 spiro atoms. The van der Waals surface area contributed by atoms with Crippen molar-refractivity contribution in [3.8, 4) is 56.4 Å². The van der Waals surface area contributed by atoms with E-state index in [-0.39, 0.29) is 0 Å². The van der Waals surface area contributed by atoms with Gasteiger partial charge in [0.2, 0.25) is 0 Å². The Morgan fingerprint density at radius 2 is 0.978 bits per heavy atom. The summed E-state index contributed by atoms with van der Waals surface area (Å²) < 4.78 is 0. The standard InChI is InChI=1S/C39H26ClN5/c40-32-19-11-18-30-28-16-7-8-17-29(28)31-24-27(22-23-34(31)45(36(30)32)35-21-10-9-20-33(35)41)39-43-37(25-12-3-1-4-13-25)42-38(44-39)26-14-5-2-6-15-26/h1-24H,41H2. The number of nitrogens with zero attached hydrogens (tertiary/aromatic N) is 4. The fourth-order valence-electron chi connectivity index (χ4n) is 6.00. The molecule has 45 heavy (non-hydrogen) atoms. The van der Waals surface area contributed by atoms with E-state index >= 15 is 0 Å². The summed E-state index contributed by atoms with van der Waals surface area (Å²) in [6.45, 7) is 0. The van der Waals surface area contributed by atoms with E-state index in [1.54, 1.807) is 0 Å². The molecule has 6 aromatic carbocycles. The van der Waals surface area contributed by atoms with Crippen molar-refractivity contribution in [2.45, 2.75) is 0 Å². The van der Waals surface area contributed by atoms with Crippen LogP contribution in [0.5, 0.6) is 0 Å². The van der Waals surface area contributed by atoms with Crippen LogP contribution < -0.4 is 10.6 Å². The maximum Gasteiger partial charge on any atom is 0.164 e. The molecule has 0 amide bonds. The average molecular weight is 600 g/mol. The van der Waals surface area contributed by atoms with Crippen LogP contribution in [-0.2, 0) is 0 Å². The highest BCUT2D eigenvalue weighted by Gasteiger charge is 2.29. The summed E-state index contributed by atoms with van der Waals surface area (Å²) in [7, 11) is 0. The van der Waals surface area contributed by atoms with E-state index in [0.29, 0.717) is 28.2 Å². The van der Waals surface area contributed by atoms with Crippen LogP contribution in [0.3, 0.4) is 0 Å². The molecule has 0 unspecified atom stereocenters. The summed E-state index contributed by atoms with van der Waals surface area (Å²) in [4.78, 5) is 17.0. The number of anilines is 4. The van der Waals surface area contributed by atoms with E-state index in [1.165, 1.54) is 0 Å². The number of aromatic nitrogens is 3. The summed E-state index contributed by atoms with van der Waals surface area (Å²) in [5.74, 6) is 1.83. The summed E-state index contributed by atoms with van der Waals surface area (Å²) in [5.41, 5.74) is 16.9. The van der Waals surface area contributed by atoms with Crippen LogP contribution in [0, 0.1) is 0 Å². The quantitative estimate of drug-likeness (QED) is 0.204.